The van der Waals surface area contributed by atoms with Crippen LogP contribution in [0.25, 0.3) is 0 Å². The molecule has 0 bridgehead atoms. The Morgan fingerprint density at radius 2 is 2.05 bits per heavy atom. The summed E-state index contributed by atoms with van der Waals surface area (Å²) in [5, 5.41) is 12.5. The van der Waals surface area contributed by atoms with Gasteiger partial charge in [-0.15, -0.1) is 0 Å². The fraction of sp³-hybridized carbons (Fsp3) is 0.214. The summed E-state index contributed by atoms with van der Waals surface area (Å²) < 4.78 is 6.01. The van der Waals surface area contributed by atoms with Gasteiger partial charge in [0.25, 0.3) is 5.91 Å². The molecular formula is C14H14BrNO3. The Labute approximate surface area is 119 Å². The highest BCUT2D eigenvalue weighted by molar-refractivity contribution is 9.10. The molecule has 19 heavy (non-hydrogen) atoms. The number of furan rings is 1. The highest BCUT2D eigenvalue weighted by Gasteiger charge is 2.11. The van der Waals surface area contributed by atoms with Gasteiger partial charge in [-0.1, -0.05) is 15.9 Å². The van der Waals surface area contributed by atoms with Gasteiger partial charge in [-0.25, -0.2) is 0 Å². The van der Waals surface area contributed by atoms with Crippen molar-refractivity contribution in [3.8, 4) is 0 Å². The molecule has 1 aromatic heterocycles. The number of benzene rings is 1. The van der Waals surface area contributed by atoms with E-state index in [1.165, 1.54) is 6.26 Å². The Bertz CT molecular complexity index is 522. The van der Waals surface area contributed by atoms with Crippen LogP contribution in [0.15, 0.2) is 51.6 Å². The van der Waals surface area contributed by atoms with E-state index in [0.29, 0.717) is 24.3 Å². The predicted octanol–water partition coefficient (Wildman–Crippen LogP) is 2.90. The number of amides is 1. The van der Waals surface area contributed by atoms with E-state index < -0.39 is 6.10 Å². The average molecular weight is 324 g/mol. The zero-order valence-corrected chi connectivity index (χ0v) is 11.8. The standard InChI is InChI=1S/C14H14BrNO3/c15-11-5-3-10(4-6-11)14(18)16-8-7-12(17)13-2-1-9-19-13/h1-6,9,12,17H,7-8H2,(H,16,18). The lowest BCUT2D eigenvalue weighted by atomic mass is 10.2. The number of hydrogen-bond acceptors (Lipinski definition) is 3. The minimum absolute atomic E-state index is 0.154. The summed E-state index contributed by atoms with van der Waals surface area (Å²) in [6, 6.07) is 10.5. The summed E-state index contributed by atoms with van der Waals surface area (Å²) in [5.74, 6) is 0.358. The van der Waals surface area contributed by atoms with Crippen molar-refractivity contribution in [1.82, 2.24) is 5.32 Å². The van der Waals surface area contributed by atoms with E-state index in [1.54, 1.807) is 24.3 Å². The van der Waals surface area contributed by atoms with Crippen LogP contribution in [0.1, 0.15) is 28.6 Å². The molecule has 1 heterocycles. The van der Waals surface area contributed by atoms with Gasteiger partial charge in [-0.3, -0.25) is 4.79 Å². The van der Waals surface area contributed by atoms with E-state index in [0.717, 1.165) is 4.47 Å². The van der Waals surface area contributed by atoms with Gasteiger partial charge in [-0.05, 0) is 42.8 Å². The molecule has 0 aliphatic rings. The van der Waals surface area contributed by atoms with Crippen molar-refractivity contribution in [3.05, 3.63) is 58.5 Å². The Hall–Kier alpha value is -1.59. The first-order valence-corrected chi connectivity index (χ1v) is 6.71. The van der Waals surface area contributed by atoms with Crippen LogP contribution in [-0.4, -0.2) is 17.6 Å². The maximum absolute atomic E-state index is 11.8. The molecule has 0 aliphatic heterocycles. The molecule has 2 N–H and O–H groups in total. The zero-order valence-electron chi connectivity index (χ0n) is 10.2. The summed E-state index contributed by atoms with van der Waals surface area (Å²) in [6.07, 6.45) is 1.23. The van der Waals surface area contributed by atoms with E-state index in [2.05, 4.69) is 21.2 Å². The van der Waals surface area contributed by atoms with Gasteiger partial charge in [-0.2, -0.15) is 0 Å². The Kier molecular flexibility index (Phi) is 4.76. The largest absolute Gasteiger partial charge is 0.467 e. The molecule has 2 aromatic rings. The fourth-order valence-corrected chi connectivity index (χ4v) is 1.91. The molecule has 100 valence electrons. The number of aliphatic hydroxyl groups excluding tert-OH is 1. The molecule has 0 saturated heterocycles. The first-order valence-electron chi connectivity index (χ1n) is 5.92. The molecule has 5 heteroatoms. The third-order valence-corrected chi connectivity index (χ3v) is 3.21. The second-order valence-corrected chi connectivity index (χ2v) is 5.00. The second kappa shape index (κ2) is 6.54. The third kappa shape index (κ3) is 3.94. The zero-order chi connectivity index (χ0) is 13.7. The summed E-state index contributed by atoms with van der Waals surface area (Å²) in [6.45, 7) is 0.386. The minimum atomic E-state index is -0.694. The van der Waals surface area contributed by atoms with Crippen LogP contribution in [0.4, 0.5) is 0 Å². The average Bonchev–Trinajstić information content (AvgIpc) is 2.93. The number of carbonyl (C=O) groups excluding carboxylic acids is 1. The number of nitrogens with one attached hydrogen (secondary N) is 1. The van der Waals surface area contributed by atoms with Crippen LogP contribution < -0.4 is 5.32 Å². The minimum Gasteiger partial charge on any atom is -0.467 e. The Balaban J connectivity index is 1.79. The van der Waals surface area contributed by atoms with E-state index >= 15 is 0 Å². The molecule has 1 amide bonds. The van der Waals surface area contributed by atoms with Crippen LogP contribution in [0.2, 0.25) is 0 Å². The first kappa shape index (κ1) is 13.8. The molecule has 4 nitrogen and oxygen atoms in total. The van der Waals surface area contributed by atoms with Crippen LogP contribution in [0, 0.1) is 0 Å². The number of aliphatic hydroxyl groups is 1. The van der Waals surface area contributed by atoms with E-state index in [4.69, 9.17) is 4.42 Å². The van der Waals surface area contributed by atoms with Gasteiger partial charge in [0.2, 0.25) is 0 Å². The highest BCUT2D eigenvalue weighted by Crippen LogP contribution is 2.16. The lowest BCUT2D eigenvalue weighted by molar-refractivity contribution is 0.0936. The number of halogens is 1. The van der Waals surface area contributed by atoms with E-state index in [-0.39, 0.29) is 5.91 Å². The second-order valence-electron chi connectivity index (χ2n) is 4.08. The van der Waals surface area contributed by atoms with E-state index in [1.807, 2.05) is 12.1 Å². The van der Waals surface area contributed by atoms with Gasteiger partial charge in [0.1, 0.15) is 11.9 Å². The SMILES string of the molecule is O=C(NCCC(O)c1ccco1)c1ccc(Br)cc1. The Morgan fingerprint density at radius 1 is 1.32 bits per heavy atom. The molecule has 0 saturated carbocycles. The molecule has 0 fully saturated rings. The van der Waals surface area contributed by atoms with Gasteiger partial charge < -0.3 is 14.8 Å². The van der Waals surface area contributed by atoms with Crippen LogP contribution in [-0.2, 0) is 0 Å². The van der Waals surface area contributed by atoms with E-state index in [9.17, 15) is 9.90 Å². The summed E-state index contributed by atoms with van der Waals surface area (Å²) in [4.78, 5) is 11.8. The highest BCUT2D eigenvalue weighted by atomic mass is 79.9. The van der Waals surface area contributed by atoms with Gasteiger partial charge in [0.05, 0.1) is 6.26 Å². The maximum atomic E-state index is 11.8. The van der Waals surface area contributed by atoms with Crippen molar-refractivity contribution in [2.45, 2.75) is 12.5 Å². The molecule has 0 spiro atoms. The lowest BCUT2D eigenvalue weighted by Crippen LogP contribution is -2.25. The number of rotatable bonds is 5. The monoisotopic (exact) mass is 323 g/mol. The summed E-state index contributed by atoms with van der Waals surface area (Å²) in [7, 11) is 0. The third-order valence-electron chi connectivity index (χ3n) is 2.68. The molecule has 1 aromatic carbocycles. The topological polar surface area (TPSA) is 62.5 Å². The van der Waals surface area contributed by atoms with Crippen molar-refractivity contribution in [2.75, 3.05) is 6.54 Å². The van der Waals surface area contributed by atoms with Crippen molar-refractivity contribution in [1.29, 1.82) is 0 Å². The molecule has 0 radical (unpaired) electrons. The molecular weight excluding hydrogens is 310 g/mol. The lowest BCUT2D eigenvalue weighted by Gasteiger charge is -2.09. The number of carbonyl (C=O) groups is 1. The van der Waals surface area contributed by atoms with Crippen LogP contribution >= 0.6 is 15.9 Å². The fourth-order valence-electron chi connectivity index (χ4n) is 1.65. The molecule has 0 aliphatic carbocycles. The normalized spacial score (nSPS) is 12.1. The van der Waals surface area contributed by atoms with Crippen molar-refractivity contribution in [3.63, 3.8) is 0 Å². The Morgan fingerprint density at radius 3 is 2.68 bits per heavy atom. The number of hydrogen-bond donors (Lipinski definition) is 2. The summed E-state index contributed by atoms with van der Waals surface area (Å²) in [5.41, 5.74) is 0.593. The van der Waals surface area contributed by atoms with Crippen molar-refractivity contribution < 1.29 is 14.3 Å². The molecule has 2 rings (SSSR count). The summed E-state index contributed by atoms with van der Waals surface area (Å²) >= 11 is 3.31. The smallest absolute Gasteiger partial charge is 0.251 e. The van der Waals surface area contributed by atoms with Gasteiger partial charge >= 0.3 is 0 Å². The molecule has 1 atom stereocenters. The van der Waals surface area contributed by atoms with Crippen LogP contribution in [0.5, 0.6) is 0 Å². The van der Waals surface area contributed by atoms with Crippen LogP contribution in [0.3, 0.4) is 0 Å². The molecule has 1 unspecified atom stereocenters. The first-order chi connectivity index (χ1) is 9.16. The quantitative estimate of drug-likeness (QED) is 0.889. The predicted molar refractivity (Wildman–Crippen MR) is 74.8 cm³/mol. The maximum Gasteiger partial charge on any atom is 0.251 e. The van der Waals surface area contributed by atoms with Crippen molar-refractivity contribution in [2.24, 2.45) is 0 Å². The van der Waals surface area contributed by atoms with Gasteiger partial charge in [0.15, 0.2) is 0 Å². The van der Waals surface area contributed by atoms with Gasteiger partial charge in [0, 0.05) is 16.6 Å². The van der Waals surface area contributed by atoms with Crippen molar-refractivity contribution >= 4 is 21.8 Å².